The molecular formula is C12H11ClN2O3. The van der Waals surface area contributed by atoms with Gasteiger partial charge in [0.2, 0.25) is 0 Å². The Labute approximate surface area is 109 Å². The summed E-state index contributed by atoms with van der Waals surface area (Å²) >= 11 is 5.74. The molecule has 2 aromatic rings. The molecule has 1 N–H and O–H groups in total. The van der Waals surface area contributed by atoms with Gasteiger partial charge in [-0.15, -0.1) is 0 Å². The summed E-state index contributed by atoms with van der Waals surface area (Å²) in [7, 11) is 0. The fraction of sp³-hybridized carbons (Fsp3) is 0.167. The lowest BCUT2D eigenvalue weighted by atomic mass is 10.2. The first kappa shape index (κ1) is 12.4. The topological polar surface area (TPSA) is 68.3 Å². The highest BCUT2D eigenvalue weighted by Crippen LogP contribution is 2.28. The Hall–Kier alpha value is -2.01. The lowest BCUT2D eigenvalue weighted by Crippen LogP contribution is -2.02. The van der Waals surface area contributed by atoms with Gasteiger partial charge in [0.15, 0.2) is 0 Å². The molecule has 0 aliphatic carbocycles. The number of furan rings is 1. The zero-order chi connectivity index (χ0) is 13.1. The molecule has 0 atom stereocenters. The lowest BCUT2D eigenvalue weighted by molar-refractivity contribution is -0.383. The number of rotatable bonds is 4. The third-order valence-electron chi connectivity index (χ3n) is 2.56. The zero-order valence-electron chi connectivity index (χ0n) is 9.64. The van der Waals surface area contributed by atoms with Gasteiger partial charge in [-0.25, -0.2) is 0 Å². The van der Waals surface area contributed by atoms with Crippen molar-refractivity contribution < 1.29 is 9.34 Å². The van der Waals surface area contributed by atoms with Crippen molar-refractivity contribution in [2.24, 2.45) is 0 Å². The highest BCUT2D eigenvalue weighted by atomic mass is 35.5. The number of hydrogen-bond acceptors (Lipinski definition) is 4. The lowest BCUT2D eigenvalue weighted by Gasteiger charge is -2.06. The van der Waals surface area contributed by atoms with Crippen molar-refractivity contribution in [2.45, 2.75) is 13.5 Å². The number of nitro groups is 1. The first-order valence-corrected chi connectivity index (χ1v) is 5.66. The van der Waals surface area contributed by atoms with Crippen LogP contribution in [0.3, 0.4) is 0 Å². The Morgan fingerprint density at radius 3 is 2.83 bits per heavy atom. The summed E-state index contributed by atoms with van der Waals surface area (Å²) in [6, 6.07) is 6.34. The quantitative estimate of drug-likeness (QED) is 0.676. The predicted molar refractivity (Wildman–Crippen MR) is 68.9 cm³/mol. The summed E-state index contributed by atoms with van der Waals surface area (Å²) in [5, 5.41) is 14.2. The molecule has 6 heteroatoms. The van der Waals surface area contributed by atoms with Crippen LogP contribution in [0.5, 0.6) is 0 Å². The second kappa shape index (κ2) is 5.10. The minimum absolute atomic E-state index is 0.0493. The number of aryl methyl sites for hydroxylation is 1. The van der Waals surface area contributed by atoms with Gasteiger partial charge in [0.25, 0.3) is 5.69 Å². The van der Waals surface area contributed by atoms with Crippen LogP contribution >= 0.6 is 11.6 Å². The van der Waals surface area contributed by atoms with Crippen LogP contribution in [0, 0.1) is 17.0 Å². The van der Waals surface area contributed by atoms with Crippen LogP contribution < -0.4 is 5.32 Å². The number of halogens is 1. The normalized spacial score (nSPS) is 10.3. The Morgan fingerprint density at radius 2 is 2.22 bits per heavy atom. The van der Waals surface area contributed by atoms with Crippen LogP contribution in [0.15, 0.2) is 34.9 Å². The number of hydrogen-bond donors (Lipinski definition) is 1. The molecule has 94 valence electrons. The number of nitrogens with zero attached hydrogens (tertiary/aromatic N) is 1. The maximum atomic E-state index is 10.9. The summed E-state index contributed by atoms with van der Waals surface area (Å²) in [6.07, 6.45) is 1.59. The molecule has 1 heterocycles. The molecule has 5 nitrogen and oxygen atoms in total. The van der Waals surface area contributed by atoms with E-state index in [2.05, 4.69) is 5.32 Å². The average Bonchev–Trinajstić information content (AvgIpc) is 2.73. The number of anilines is 1. The number of nitro benzene ring substituents is 1. The maximum absolute atomic E-state index is 10.9. The summed E-state index contributed by atoms with van der Waals surface area (Å²) in [4.78, 5) is 10.4. The van der Waals surface area contributed by atoms with E-state index in [0.29, 0.717) is 17.3 Å². The minimum atomic E-state index is -0.469. The van der Waals surface area contributed by atoms with Crippen molar-refractivity contribution in [3.05, 3.63) is 57.0 Å². The largest absolute Gasteiger partial charge is 0.467 e. The third-order valence-corrected chi connectivity index (χ3v) is 2.80. The highest BCUT2D eigenvalue weighted by Gasteiger charge is 2.14. The van der Waals surface area contributed by atoms with Crippen molar-refractivity contribution in [1.82, 2.24) is 0 Å². The Balaban J connectivity index is 2.19. The molecule has 0 unspecified atom stereocenters. The Bertz CT molecular complexity index is 580. The van der Waals surface area contributed by atoms with Crippen molar-refractivity contribution >= 4 is 23.0 Å². The van der Waals surface area contributed by atoms with E-state index in [1.807, 2.05) is 13.0 Å². The van der Waals surface area contributed by atoms with Crippen LogP contribution in [-0.2, 0) is 6.54 Å². The van der Waals surface area contributed by atoms with Gasteiger partial charge >= 0.3 is 0 Å². The number of nitrogens with one attached hydrogen (secondary N) is 1. The summed E-state index contributed by atoms with van der Waals surface area (Å²) < 4.78 is 5.25. The van der Waals surface area contributed by atoms with E-state index < -0.39 is 4.92 Å². The molecule has 0 fully saturated rings. The molecule has 18 heavy (non-hydrogen) atoms. The highest BCUT2D eigenvalue weighted by molar-refractivity contribution is 6.30. The molecule has 0 aliphatic rings. The van der Waals surface area contributed by atoms with Crippen LogP contribution in [0.25, 0.3) is 0 Å². The van der Waals surface area contributed by atoms with E-state index in [1.54, 1.807) is 18.4 Å². The van der Waals surface area contributed by atoms with Crippen LogP contribution in [0.2, 0.25) is 5.02 Å². The molecule has 0 saturated heterocycles. The van der Waals surface area contributed by atoms with E-state index >= 15 is 0 Å². The van der Waals surface area contributed by atoms with E-state index in [4.69, 9.17) is 16.0 Å². The minimum Gasteiger partial charge on any atom is -0.467 e. The fourth-order valence-electron chi connectivity index (χ4n) is 1.57. The first-order valence-electron chi connectivity index (χ1n) is 5.28. The van der Waals surface area contributed by atoms with Crippen molar-refractivity contribution in [1.29, 1.82) is 0 Å². The van der Waals surface area contributed by atoms with Gasteiger partial charge in [-0.2, -0.15) is 0 Å². The second-order valence-corrected chi connectivity index (χ2v) is 4.24. The van der Waals surface area contributed by atoms with Crippen LogP contribution in [0.1, 0.15) is 11.3 Å². The van der Waals surface area contributed by atoms with E-state index in [-0.39, 0.29) is 5.69 Å². The molecule has 2 rings (SSSR count). The van der Waals surface area contributed by atoms with Crippen molar-refractivity contribution in [2.75, 3.05) is 5.32 Å². The summed E-state index contributed by atoms with van der Waals surface area (Å²) in [6.45, 7) is 2.30. The molecule has 0 saturated carbocycles. The second-order valence-electron chi connectivity index (χ2n) is 3.80. The molecule has 0 spiro atoms. The molecule has 1 aromatic heterocycles. The summed E-state index contributed by atoms with van der Waals surface area (Å²) in [5.74, 6) is 0.749. The average molecular weight is 267 g/mol. The first-order chi connectivity index (χ1) is 8.58. The Morgan fingerprint density at radius 1 is 1.44 bits per heavy atom. The fourth-order valence-corrected chi connectivity index (χ4v) is 1.73. The smallest absolute Gasteiger partial charge is 0.293 e. The molecular weight excluding hydrogens is 256 g/mol. The van der Waals surface area contributed by atoms with Crippen LogP contribution in [-0.4, -0.2) is 4.92 Å². The van der Waals surface area contributed by atoms with Gasteiger partial charge in [-0.05, 0) is 30.7 Å². The van der Waals surface area contributed by atoms with Gasteiger partial charge in [-0.1, -0.05) is 11.6 Å². The van der Waals surface area contributed by atoms with Crippen molar-refractivity contribution in [3.63, 3.8) is 0 Å². The van der Waals surface area contributed by atoms with E-state index in [9.17, 15) is 10.1 Å². The Kier molecular flexibility index (Phi) is 3.53. The zero-order valence-corrected chi connectivity index (χ0v) is 10.4. The van der Waals surface area contributed by atoms with Gasteiger partial charge in [0, 0.05) is 11.1 Å². The molecule has 0 amide bonds. The van der Waals surface area contributed by atoms with Gasteiger partial charge < -0.3 is 9.73 Å². The molecule has 0 aliphatic heterocycles. The molecule has 0 radical (unpaired) electrons. The maximum Gasteiger partial charge on any atom is 0.293 e. The van der Waals surface area contributed by atoms with Gasteiger partial charge in [0.1, 0.15) is 11.4 Å². The summed E-state index contributed by atoms with van der Waals surface area (Å²) in [5.41, 5.74) is 1.37. The molecule has 1 aromatic carbocycles. The van der Waals surface area contributed by atoms with E-state index in [1.165, 1.54) is 6.07 Å². The third kappa shape index (κ3) is 2.62. The SMILES string of the molecule is Cc1ccoc1CNc1ccc(Cl)cc1[N+](=O)[O-]. The molecule has 0 bridgehead atoms. The predicted octanol–water partition coefficient (Wildman–Crippen LogP) is 3.76. The monoisotopic (exact) mass is 266 g/mol. The van der Waals surface area contributed by atoms with Gasteiger partial charge in [0.05, 0.1) is 17.7 Å². The number of benzene rings is 1. The van der Waals surface area contributed by atoms with Gasteiger partial charge in [-0.3, -0.25) is 10.1 Å². The van der Waals surface area contributed by atoms with Crippen molar-refractivity contribution in [3.8, 4) is 0 Å². The van der Waals surface area contributed by atoms with Crippen LogP contribution in [0.4, 0.5) is 11.4 Å². The standard InChI is InChI=1S/C12H11ClN2O3/c1-8-4-5-18-12(8)7-14-10-3-2-9(13)6-11(10)15(16)17/h2-6,14H,7H2,1H3. The van der Waals surface area contributed by atoms with E-state index in [0.717, 1.165) is 11.3 Å².